The maximum atomic E-state index is 13.3. The fraction of sp³-hybridized carbons (Fsp3) is 0.250. The second-order valence-corrected chi connectivity index (χ2v) is 12.0. The van der Waals surface area contributed by atoms with E-state index in [4.69, 9.17) is 0 Å². The van der Waals surface area contributed by atoms with E-state index in [1.54, 1.807) is 48.5 Å². The van der Waals surface area contributed by atoms with E-state index in [1.807, 2.05) is 44.2 Å². The molecular formula is C24H27NO4S2. The van der Waals surface area contributed by atoms with Gasteiger partial charge in [0.05, 0.1) is 9.79 Å². The van der Waals surface area contributed by atoms with Crippen LogP contribution in [0.4, 0.5) is 0 Å². The highest BCUT2D eigenvalue weighted by Crippen LogP contribution is 2.25. The first kappa shape index (κ1) is 23.2. The standard InChI is InChI=1S/C24H27NO4S2/c1-19(2)17-25(18-20-7-5-4-6-8-20)31(28,29)24-15-11-22(12-16-24)21-9-13-23(14-10-21)30(3,26)27/h4-16,19H,17-18H2,1-3H3. The van der Waals surface area contributed by atoms with Crippen molar-refractivity contribution in [1.29, 1.82) is 0 Å². The molecule has 0 aliphatic heterocycles. The molecule has 0 N–H and O–H groups in total. The molecule has 7 heteroatoms. The Hall–Kier alpha value is -2.48. The summed E-state index contributed by atoms with van der Waals surface area (Å²) >= 11 is 0. The van der Waals surface area contributed by atoms with Gasteiger partial charge in [-0.2, -0.15) is 4.31 Å². The molecule has 164 valence electrons. The van der Waals surface area contributed by atoms with Gasteiger partial charge in [-0.15, -0.1) is 0 Å². The van der Waals surface area contributed by atoms with Crippen molar-refractivity contribution in [3.05, 3.63) is 84.4 Å². The number of hydrogen-bond donors (Lipinski definition) is 0. The molecular weight excluding hydrogens is 430 g/mol. The number of sulfonamides is 1. The summed E-state index contributed by atoms with van der Waals surface area (Å²) in [6.45, 7) is 4.73. The molecule has 0 heterocycles. The van der Waals surface area contributed by atoms with E-state index in [2.05, 4.69) is 0 Å². The number of sulfone groups is 1. The van der Waals surface area contributed by atoms with E-state index >= 15 is 0 Å². The van der Waals surface area contributed by atoms with Crippen molar-refractivity contribution in [3.8, 4) is 11.1 Å². The van der Waals surface area contributed by atoms with Gasteiger partial charge in [0.15, 0.2) is 9.84 Å². The van der Waals surface area contributed by atoms with Crippen molar-refractivity contribution in [2.24, 2.45) is 5.92 Å². The maximum absolute atomic E-state index is 13.3. The maximum Gasteiger partial charge on any atom is 0.243 e. The topological polar surface area (TPSA) is 71.5 Å². The lowest BCUT2D eigenvalue weighted by Gasteiger charge is -2.24. The summed E-state index contributed by atoms with van der Waals surface area (Å²) in [5.41, 5.74) is 2.58. The molecule has 3 rings (SSSR count). The Morgan fingerprint density at radius 1 is 0.710 bits per heavy atom. The molecule has 0 aliphatic rings. The largest absolute Gasteiger partial charge is 0.243 e. The van der Waals surface area contributed by atoms with Crippen LogP contribution in [0.25, 0.3) is 11.1 Å². The van der Waals surface area contributed by atoms with Crippen LogP contribution in [-0.2, 0) is 26.4 Å². The Balaban J connectivity index is 1.87. The van der Waals surface area contributed by atoms with Crippen LogP contribution in [0.3, 0.4) is 0 Å². The lowest BCUT2D eigenvalue weighted by Crippen LogP contribution is -2.33. The minimum atomic E-state index is -3.67. The van der Waals surface area contributed by atoms with Crippen molar-refractivity contribution >= 4 is 19.9 Å². The third-order valence-electron chi connectivity index (χ3n) is 4.88. The molecule has 3 aromatic carbocycles. The average Bonchev–Trinajstić information content (AvgIpc) is 2.73. The monoisotopic (exact) mass is 457 g/mol. The van der Waals surface area contributed by atoms with Gasteiger partial charge in [-0.1, -0.05) is 68.4 Å². The molecule has 0 bridgehead atoms. The van der Waals surface area contributed by atoms with Gasteiger partial charge in [0, 0.05) is 19.3 Å². The Morgan fingerprint density at radius 3 is 1.65 bits per heavy atom. The van der Waals surface area contributed by atoms with Gasteiger partial charge >= 0.3 is 0 Å². The number of hydrogen-bond acceptors (Lipinski definition) is 4. The molecule has 3 aromatic rings. The van der Waals surface area contributed by atoms with E-state index < -0.39 is 19.9 Å². The quantitative estimate of drug-likeness (QED) is 0.495. The second kappa shape index (κ2) is 9.34. The van der Waals surface area contributed by atoms with Gasteiger partial charge in [0.1, 0.15) is 0 Å². The van der Waals surface area contributed by atoms with Crippen molar-refractivity contribution < 1.29 is 16.8 Å². The highest BCUT2D eigenvalue weighted by atomic mass is 32.2. The highest BCUT2D eigenvalue weighted by molar-refractivity contribution is 7.90. The van der Waals surface area contributed by atoms with Crippen LogP contribution in [-0.4, -0.2) is 33.9 Å². The van der Waals surface area contributed by atoms with E-state index in [9.17, 15) is 16.8 Å². The van der Waals surface area contributed by atoms with E-state index in [-0.39, 0.29) is 15.7 Å². The molecule has 0 saturated heterocycles. The predicted octanol–water partition coefficient (Wildman–Crippen LogP) is 4.60. The first-order valence-electron chi connectivity index (χ1n) is 10.0. The Labute approximate surface area is 185 Å². The van der Waals surface area contributed by atoms with Crippen LogP contribution in [0.2, 0.25) is 0 Å². The van der Waals surface area contributed by atoms with Crippen molar-refractivity contribution in [2.45, 2.75) is 30.2 Å². The summed E-state index contributed by atoms with van der Waals surface area (Å²) in [5.74, 6) is 0.186. The molecule has 0 spiro atoms. The normalized spacial score (nSPS) is 12.4. The van der Waals surface area contributed by atoms with Crippen molar-refractivity contribution in [3.63, 3.8) is 0 Å². The summed E-state index contributed by atoms with van der Waals surface area (Å²) in [6, 6.07) is 22.8. The smallest absolute Gasteiger partial charge is 0.224 e. The van der Waals surface area contributed by atoms with Crippen molar-refractivity contribution in [2.75, 3.05) is 12.8 Å². The lowest BCUT2D eigenvalue weighted by atomic mass is 10.1. The molecule has 0 atom stereocenters. The van der Waals surface area contributed by atoms with E-state index in [1.165, 1.54) is 10.6 Å². The van der Waals surface area contributed by atoms with Crippen molar-refractivity contribution in [1.82, 2.24) is 4.31 Å². The Bertz CT molecular complexity index is 1220. The minimum Gasteiger partial charge on any atom is -0.224 e. The average molecular weight is 458 g/mol. The molecule has 0 saturated carbocycles. The zero-order valence-electron chi connectivity index (χ0n) is 17.9. The van der Waals surface area contributed by atoms with Crippen LogP contribution in [0.5, 0.6) is 0 Å². The second-order valence-electron chi connectivity index (χ2n) is 8.00. The fourth-order valence-electron chi connectivity index (χ4n) is 3.30. The van der Waals surface area contributed by atoms with Crippen LogP contribution < -0.4 is 0 Å². The highest BCUT2D eigenvalue weighted by Gasteiger charge is 2.25. The number of rotatable bonds is 8. The molecule has 0 fully saturated rings. The molecule has 0 aliphatic carbocycles. The summed E-state index contributed by atoms with van der Waals surface area (Å²) in [6.07, 6.45) is 1.17. The lowest BCUT2D eigenvalue weighted by molar-refractivity contribution is 0.362. The first-order valence-corrected chi connectivity index (χ1v) is 13.3. The number of benzene rings is 3. The third kappa shape index (κ3) is 5.81. The summed E-state index contributed by atoms with van der Waals surface area (Å²) in [4.78, 5) is 0.487. The van der Waals surface area contributed by atoms with Crippen LogP contribution in [0.15, 0.2) is 88.7 Å². The Kier molecular flexibility index (Phi) is 6.99. The summed E-state index contributed by atoms with van der Waals surface area (Å²) in [7, 11) is -6.92. The third-order valence-corrected chi connectivity index (χ3v) is 7.83. The van der Waals surface area contributed by atoms with Crippen LogP contribution in [0, 0.1) is 5.92 Å². The minimum absolute atomic E-state index is 0.186. The van der Waals surface area contributed by atoms with Gasteiger partial charge in [-0.25, -0.2) is 16.8 Å². The SMILES string of the molecule is CC(C)CN(Cc1ccccc1)S(=O)(=O)c1ccc(-c2ccc(S(C)(=O)=O)cc2)cc1. The van der Waals surface area contributed by atoms with Gasteiger partial charge in [-0.3, -0.25) is 0 Å². The van der Waals surface area contributed by atoms with Crippen LogP contribution >= 0.6 is 0 Å². The number of nitrogens with zero attached hydrogens (tertiary/aromatic N) is 1. The molecule has 0 radical (unpaired) electrons. The molecule has 5 nitrogen and oxygen atoms in total. The fourth-order valence-corrected chi connectivity index (χ4v) is 5.53. The zero-order valence-corrected chi connectivity index (χ0v) is 19.5. The summed E-state index contributed by atoms with van der Waals surface area (Å²) < 4.78 is 51.5. The Morgan fingerprint density at radius 2 is 1.19 bits per heavy atom. The van der Waals surface area contributed by atoms with Gasteiger partial charge < -0.3 is 0 Å². The van der Waals surface area contributed by atoms with Gasteiger partial charge in [0.2, 0.25) is 10.0 Å². The van der Waals surface area contributed by atoms with E-state index in [0.717, 1.165) is 16.7 Å². The molecule has 0 aromatic heterocycles. The summed E-state index contributed by atoms with van der Waals surface area (Å²) in [5, 5.41) is 0. The predicted molar refractivity (Wildman–Crippen MR) is 124 cm³/mol. The van der Waals surface area contributed by atoms with Crippen LogP contribution in [0.1, 0.15) is 19.4 Å². The van der Waals surface area contributed by atoms with Gasteiger partial charge in [0.25, 0.3) is 0 Å². The molecule has 0 amide bonds. The van der Waals surface area contributed by atoms with E-state index in [0.29, 0.717) is 13.1 Å². The molecule has 31 heavy (non-hydrogen) atoms. The molecule has 0 unspecified atom stereocenters. The van der Waals surface area contributed by atoms with Gasteiger partial charge in [-0.05, 0) is 46.9 Å². The zero-order chi connectivity index (χ0) is 22.6. The first-order chi connectivity index (χ1) is 14.6.